The van der Waals surface area contributed by atoms with Crippen molar-refractivity contribution in [2.45, 2.75) is 32.4 Å². The van der Waals surface area contributed by atoms with Gasteiger partial charge in [-0.1, -0.05) is 6.92 Å². The van der Waals surface area contributed by atoms with Gasteiger partial charge in [0.2, 0.25) is 11.8 Å². The van der Waals surface area contributed by atoms with Gasteiger partial charge >= 0.3 is 0 Å². The molecule has 1 aromatic rings. The summed E-state index contributed by atoms with van der Waals surface area (Å²) in [6.45, 7) is 3.48. The fourth-order valence-electron chi connectivity index (χ4n) is 2.09. The fraction of sp³-hybridized carbons (Fsp3) is 0.385. The summed E-state index contributed by atoms with van der Waals surface area (Å²) < 4.78 is 13.5. The van der Waals surface area contributed by atoms with E-state index in [1.165, 1.54) is 23.1 Å². The molecular weight excluding hydrogens is 315 g/mol. The molecule has 0 saturated carbocycles. The molecule has 102 valence electrons. The van der Waals surface area contributed by atoms with Crippen molar-refractivity contribution in [1.29, 1.82) is 0 Å². The number of anilines is 1. The first-order valence-corrected chi connectivity index (χ1v) is 6.83. The number of amides is 2. The first-order chi connectivity index (χ1) is 8.95. The average molecular weight is 329 g/mol. The SMILES string of the molecule is CCC1NC(=O)C(C)N(c2ccc(F)c(Br)c2)C1=O. The van der Waals surface area contributed by atoms with Crippen LogP contribution in [-0.4, -0.2) is 23.9 Å². The second-order valence-electron chi connectivity index (χ2n) is 4.45. The zero-order valence-corrected chi connectivity index (χ0v) is 12.2. The maximum atomic E-state index is 13.3. The van der Waals surface area contributed by atoms with Gasteiger partial charge in [0.15, 0.2) is 0 Å². The van der Waals surface area contributed by atoms with Crippen molar-refractivity contribution < 1.29 is 14.0 Å². The Bertz CT molecular complexity index is 535. The monoisotopic (exact) mass is 328 g/mol. The number of benzene rings is 1. The molecule has 19 heavy (non-hydrogen) atoms. The zero-order valence-electron chi connectivity index (χ0n) is 10.6. The lowest BCUT2D eigenvalue weighted by atomic mass is 10.1. The van der Waals surface area contributed by atoms with Crippen molar-refractivity contribution in [1.82, 2.24) is 5.32 Å². The van der Waals surface area contributed by atoms with E-state index in [0.717, 1.165) is 0 Å². The molecule has 1 aliphatic rings. The van der Waals surface area contributed by atoms with E-state index in [-0.39, 0.29) is 16.3 Å². The quantitative estimate of drug-likeness (QED) is 0.904. The van der Waals surface area contributed by atoms with E-state index in [9.17, 15) is 14.0 Å². The van der Waals surface area contributed by atoms with Crippen LogP contribution >= 0.6 is 15.9 Å². The highest BCUT2D eigenvalue weighted by molar-refractivity contribution is 9.10. The van der Waals surface area contributed by atoms with Crippen LogP contribution in [0.4, 0.5) is 10.1 Å². The topological polar surface area (TPSA) is 49.4 Å². The molecule has 1 aromatic carbocycles. The van der Waals surface area contributed by atoms with E-state index >= 15 is 0 Å². The third-order valence-corrected chi connectivity index (χ3v) is 3.82. The maximum Gasteiger partial charge on any atom is 0.250 e. The molecule has 1 saturated heterocycles. The van der Waals surface area contributed by atoms with Crippen LogP contribution in [0.25, 0.3) is 0 Å². The van der Waals surface area contributed by atoms with Crippen LogP contribution in [0.5, 0.6) is 0 Å². The van der Waals surface area contributed by atoms with Crippen molar-refractivity contribution >= 4 is 33.4 Å². The molecule has 4 nitrogen and oxygen atoms in total. The summed E-state index contributed by atoms with van der Waals surface area (Å²) in [7, 11) is 0. The number of halogens is 2. The summed E-state index contributed by atoms with van der Waals surface area (Å²) in [6, 6.07) is 3.15. The lowest BCUT2D eigenvalue weighted by molar-refractivity contribution is -0.133. The number of nitrogens with one attached hydrogen (secondary N) is 1. The summed E-state index contributed by atoms with van der Waals surface area (Å²) in [5.41, 5.74) is 0.513. The molecule has 1 aliphatic heterocycles. The van der Waals surface area contributed by atoms with E-state index in [0.29, 0.717) is 12.1 Å². The predicted octanol–water partition coefficient (Wildman–Crippen LogP) is 2.22. The largest absolute Gasteiger partial charge is 0.343 e. The number of rotatable bonds is 2. The number of carbonyl (C=O) groups is 2. The lowest BCUT2D eigenvalue weighted by Crippen LogP contribution is -2.62. The summed E-state index contributed by atoms with van der Waals surface area (Å²) in [5, 5.41) is 2.68. The minimum Gasteiger partial charge on any atom is -0.343 e. The second-order valence-corrected chi connectivity index (χ2v) is 5.31. The standard InChI is InChI=1S/C13H14BrFN2O2/c1-3-11-13(19)17(7(2)12(18)16-11)8-4-5-10(15)9(14)6-8/h4-7,11H,3H2,1-2H3,(H,16,18). The van der Waals surface area contributed by atoms with Crippen LogP contribution < -0.4 is 10.2 Å². The Kier molecular flexibility index (Phi) is 3.89. The normalized spacial score (nSPS) is 23.5. The number of nitrogens with zero attached hydrogens (tertiary/aromatic N) is 1. The van der Waals surface area contributed by atoms with Gasteiger partial charge in [-0.25, -0.2) is 4.39 Å². The smallest absolute Gasteiger partial charge is 0.250 e. The Morgan fingerprint density at radius 1 is 1.42 bits per heavy atom. The van der Waals surface area contributed by atoms with Gasteiger partial charge in [-0.3, -0.25) is 14.5 Å². The van der Waals surface area contributed by atoms with E-state index < -0.39 is 17.9 Å². The maximum absolute atomic E-state index is 13.3. The Hall–Kier alpha value is -1.43. The Balaban J connectivity index is 2.41. The molecule has 1 fully saturated rings. The fourth-order valence-corrected chi connectivity index (χ4v) is 2.46. The molecule has 0 bridgehead atoms. The van der Waals surface area contributed by atoms with Crippen LogP contribution in [0.2, 0.25) is 0 Å². The van der Waals surface area contributed by atoms with E-state index in [2.05, 4.69) is 21.2 Å². The van der Waals surface area contributed by atoms with Crippen LogP contribution in [0, 0.1) is 5.82 Å². The second kappa shape index (κ2) is 5.28. The zero-order chi connectivity index (χ0) is 14.2. The van der Waals surface area contributed by atoms with Crippen molar-refractivity contribution in [2.24, 2.45) is 0 Å². The molecule has 0 aliphatic carbocycles. The number of carbonyl (C=O) groups excluding carboxylic acids is 2. The number of piperazine rings is 1. The molecule has 1 N–H and O–H groups in total. The van der Waals surface area contributed by atoms with Gasteiger partial charge < -0.3 is 5.32 Å². The van der Waals surface area contributed by atoms with Crippen LogP contribution in [0.3, 0.4) is 0 Å². The van der Waals surface area contributed by atoms with Gasteiger partial charge in [0.05, 0.1) is 4.47 Å². The molecule has 0 radical (unpaired) electrons. The minimum atomic E-state index is -0.604. The van der Waals surface area contributed by atoms with Crippen LogP contribution in [-0.2, 0) is 9.59 Å². The summed E-state index contributed by atoms with van der Waals surface area (Å²) in [6.07, 6.45) is 0.524. The van der Waals surface area contributed by atoms with Crippen molar-refractivity contribution in [2.75, 3.05) is 4.90 Å². The third-order valence-electron chi connectivity index (χ3n) is 3.21. The predicted molar refractivity (Wildman–Crippen MR) is 73.3 cm³/mol. The van der Waals surface area contributed by atoms with Gasteiger partial charge in [-0.2, -0.15) is 0 Å². The minimum absolute atomic E-state index is 0.173. The highest BCUT2D eigenvalue weighted by Gasteiger charge is 2.38. The average Bonchev–Trinajstić information content (AvgIpc) is 2.38. The van der Waals surface area contributed by atoms with E-state index in [1.54, 1.807) is 6.92 Å². The number of hydrogen-bond acceptors (Lipinski definition) is 2. The highest BCUT2D eigenvalue weighted by Crippen LogP contribution is 2.27. The molecular formula is C13H14BrFN2O2. The molecule has 2 atom stereocenters. The van der Waals surface area contributed by atoms with Crippen molar-refractivity contribution in [3.05, 3.63) is 28.5 Å². The molecule has 2 unspecified atom stereocenters. The van der Waals surface area contributed by atoms with Gasteiger partial charge in [0.25, 0.3) is 0 Å². The van der Waals surface area contributed by atoms with Crippen LogP contribution in [0.1, 0.15) is 20.3 Å². The van der Waals surface area contributed by atoms with Crippen molar-refractivity contribution in [3.63, 3.8) is 0 Å². The molecule has 2 rings (SSSR count). The summed E-state index contributed by atoms with van der Waals surface area (Å²) >= 11 is 3.09. The Morgan fingerprint density at radius 2 is 2.11 bits per heavy atom. The summed E-state index contributed by atoms with van der Waals surface area (Å²) in [5.74, 6) is -0.780. The van der Waals surface area contributed by atoms with Gasteiger partial charge in [-0.15, -0.1) is 0 Å². The van der Waals surface area contributed by atoms with Crippen LogP contribution in [0.15, 0.2) is 22.7 Å². The van der Waals surface area contributed by atoms with Crippen molar-refractivity contribution in [3.8, 4) is 0 Å². The van der Waals surface area contributed by atoms with E-state index in [1.807, 2.05) is 6.92 Å². The number of hydrogen-bond donors (Lipinski definition) is 1. The lowest BCUT2D eigenvalue weighted by Gasteiger charge is -2.37. The molecule has 0 aromatic heterocycles. The molecule has 6 heteroatoms. The Labute approximate surface area is 119 Å². The Morgan fingerprint density at radius 3 is 2.68 bits per heavy atom. The molecule has 1 heterocycles. The first-order valence-electron chi connectivity index (χ1n) is 6.04. The molecule has 0 spiro atoms. The molecule has 2 amide bonds. The van der Waals surface area contributed by atoms with E-state index in [4.69, 9.17) is 0 Å². The third kappa shape index (κ3) is 2.49. The highest BCUT2D eigenvalue weighted by atomic mass is 79.9. The van der Waals surface area contributed by atoms with Gasteiger partial charge in [0, 0.05) is 5.69 Å². The summed E-state index contributed by atoms with van der Waals surface area (Å²) in [4.78, 5) is 25.6. The van der Waals surface area contributed by atoms with Gasteiger partial charge in [-0.05, 0) is 47.5 Å². The van der Waals surface area contributed by atoms with Gasteiger partial charge in [0.1, 0.15) is 17.9 Å². The first kappa shape index (κ1) is 14.0.